The molecule has 2 aliphatic rings. The molecule has 1 saturated carbocycles. The first-order valence-corrected chi connectivity index (χ1v) is 10.2. The van der Waals surface area contributed by atoms with Gasteiger partial charge in [-0.15, -0.1) is 0 Å². The molecule has 1 aliphatic heterocycles. The Hall–Kier alpha value is -2.31. The molecule has 7 heteroatoms. The van der Waals surface area contributed by atoms with E-state index in [0.29, 0.717) is 24.7 Å². The van der Waals surface area contributed by atoms with Crippen molar-refractivity contribution < 1.29 is 9.59 Å². The summed E-state index contributed by atoms with van der Waals surface area (Å²) in [5.41, 5.74) is 0.700. The van der Waals surface area contributed by atoms with Crippen LogP contribution < -0.4 is 10.2 Å². The van der Waals surface area contributed by atoms with Crippen molar-refractivity contribution in [1.82, 2.24) is 14.8 Å². The fourth-order valence-corrected chi connectivity index (χ4v) is 3.95. The van der Waals surface area contributed by atoms with Gasteiger partial charge in [-0.25, -0.2) is 9.78 Å². The second kappa shape index (κ2) is 9.06. The molecule has 0 bridgehead atoms. The molecule has 0 unspecified atom stereocenters. The third kappa shape index (κ3) is 4.70. The van der Waals surface area contributed by atoms with Crippen LogP contribution in [0.2, 0.25) is 0 Å². The van der Waals surface area contributed by atoms with Gasteiger partial charge in [-0.3, -0.25) is 4.79 Å². The Morgan fingerprint density at radius 1 is 1.11 bits per heavy atom. The summed E-state index contributed by atoms with van der Waals surface area (Å²) in [6, 6.07) is 3.72. The molecule has 3 rings (SSSR count). The first kappa shape index (κ1) is 19.5. The molecule has 0 atom stereocenters. The lowest BCUT2D eigenvalue weighted by molar-refractivity contribution is -0.135. The van der Waals surface area contributed by atoms with E-state index in [1.807, 2.05) is 30.9 Å². The van der Waals surface area contributed by atoms with Crippen LogP contribution in [0.3, 0.4) is 0 Å². The third-order valence-corrected chi connectivity index (χ3v) is 5.67. The van der Waals surface area contributed by atoms with E-state index in [-0.39, 0.29) is 11.9 Å². The SMILES string of the molecule is CCN(CC)C(=O)Nc1ccc(N2CCN(C(=O)C3CCCC3)CC2)nc1. The second-order valence-corrected chi connectivity index (χ2v) is 7.30. The van der Waals surface area contributed by atoms with Crippen molar-refractivity contribution in [2.45, 2.75) is 39.5 Å². The van der Waals surface area contributed by atoms with Crippen LogP contribution in [0.15, 0.2) is 18.3 Å². The lowest BCUT2D eigenvalue weighted by atomic mass is 10.1. The number of pyridine rings is 1. The van der Waals surface area contributed by atoms with Gasteiger partial charge in [-0.05, 0) is 38.8 Å². The van der Waals surface area contributed by atoms with E-state index in [0.717, 1.165) is 44.8 Å². The van der Waals surface area contributed by atoms with Gasteiger partial charge in [0, 0.05) is 45.2 Å². The van der Waals surface area contributed by atoms with Gasteiger partial charge in [0.25, 0.3) is 0 Å². The quantitative estimate of drug-likeness (QED) is 0.862. The lowest BCUT2D eigenvalue weighted by Crippen LogP contribution is -2.50. The number of carbonyl (C=O) groups is 2. The highest BCUT2D eigenvalue weighted by molar-refractivity contribution is 5.89. The van der Waals surface area contributed by atoms with E-state index in [1.165, 1.54) is 12.8 Å². The normalized spacial score (nSPS) is 17.9. The van der Waals surface area contributed by atoms with Gasteiger partial charge >= 0.3 is 6.03 Å². The standard InChI is InChI=1S/C20H31N5O2/c1-3-23(4-2)20(27)22-17-9-10-18(21-15-17)24-11-13-25(14-12-24)19(26)16-7-5-6-8-16/h9-10,15-16H,3-8,11-14H2,1-2H3,(H,22,27). The Balaban J connectivity index is 1.51. The summed E-state index contributed by atoms with van der Waals surface area (Å²) < 4.78 is 0. The largest absolute Gasteiger partial charge is 0.353 e. The monoisotopic (exact) mass is 373 g/mol. The number of amides is 3. The highest BCUT2D eigenvalue weighted by Crippen LogP contribution is 2.27. The molecule has 3 amide bonds. The predicted octanol–water partition coefficient (Wildman–Crippen LogP) is 2.79. The molecule has 1 N–H and O–H groups in total. The second-order valence-electron chi connectivity index (χ2n) is 7.30. The van der Waals surface area contributed by atoms with Crippen LogP contribution in [0.5, 0.6) is 0 Å². The number of urea groups is 1. The molecule has 27 heavy (non-hydrogen) atoms. The zero-order valence-electron chi connectivity index (χ0n) is 16.5. The predicted molar refractivity (Wildman–Crippen MR) is 107 cm³/mol. The fraction of sp³-hybridized carbons (Fsp3) is 0.650. The Bertz CT molecular complexity index is 630. The Morgan fingerprint density at radius 3 is 2.33 bits per heavy atom. The first-order chi connectivity index (χ1) is 13.1. The number of anilines is 2. The molecule has 1 aliphatic carbocycles. The minimum Gasteiger partial charge on any atom is -0.353 e. The molecular weight excluding hydrogens is 342 g/mol. The first-order valence-electron chi connectivity index (χ1n) is 10.2. The Labute approximate surface area is 161 Å². The van der Waals surface area contributed by atoms with Gasteiger partial charge in [0.05, 0.1) is 11.9 Å². The minimum absolute atomic E-state index is 0.103. The molecule has 1 saturated heterocycles. The van der Waals surface area contributed by atoms with Gasteiger partial charge in [-0.2, -0.15) is 0 Å². The number of nitrogens with zero attached hydrogens (tertiary/aromatic N) is 4. The van der Waals surface area contributed by atoms with Gasteiger partial charge < -0.3 is 20.0 Å². The average Bonchev–Trinajstić information content (AvgIpc) is 3.24. The molecule has 2 heterocycles. The van der Waals surface area contributed by atoms with Crippen molar-refractivity contribution in [2.75, 3.05) is 49.5 Å². The van der Waals surface area contributed by atoms with Crippen LogP contribution >= 0.6 is 0 Å². The summed E-state index contributed by atoms with van der Waals surface area (Å²) in [5, 5.41) is 2.88. The molecule has 2 fully saturated rings. The van der Waals surface area contributed by atoms with E-state index >= 15 is 0 Å². The van der Waals surface area contributed by atoms with E-state index in [9.17, 15) is 9.59 Å². The van der Waals surface area contributed by atoms with E-state index in [2.05, 4.69) is 15.2 Å². The van der Waals surface area contributed by atoms with Gasteiger partial charge in [0.2, 0.25) is 5.91 Å². The Kier molecular flexibility index (Phi) is 6.53. The minimum atomic E-state index is -0.103. The van der Waals surface area contributed by atoms with Crippen LogP contribution in [-0.4, -0.2) is 66.0 Å². The van der Waals surface area contributed by atoms with Crippen LogP contribution in [0.4, 0.5) is 16.3 Å². The molecule has 0 radical (unpaired) electrons. The summed E-state index contributed by atoms with van der Waals surface area (Å²) >= 11 is 0. The molecule has 7 nitrogen and oxygen atoms in total. The Morgan fingerprint density at radius 2 is 1.78 bits per heavy atom. The molecule has 148 valence electrons. The smallest absolute Gasteiger partial charge is 0.321 e. The third-order valence-electron chi connectivity index (χ3n) is 5.67. The molecule has 0 spiro atoms. The maximum atomic E-state index is 12.5. The highest BCUT2D eigenvalue weighted by Gasteiger charge is 2.29. The van der Waals surface area contributed by atoms with Crippen molar-refractivity contribution in [3.8, 4) is 0 Å². The van der Waals surface area contributed by atoms with Gasteiger partial charge in [-0.1, -0.05) is 12.8 Å². The van der Waals surface area contributed by atoms with Crippen molar-refractivity contribution in [3.05, 3.63) is 18.3 Å². The van der Waals surface area contributed by atoms with Crippen LogP contribution in [-0.2, 0) is 4.79 Å². The summed E-state index contributed by atoms with van der Waals surface area (Å²) in [7, 11) is 0. The maximum absolute atomic E-state index is 12.5. The van der Waals surface area contributed by atoms with Gasteiger partial charge in [0.1, 0.15) is 5.82 Å². The van der Waals surface area contributed by atoms with E-state index < -0.39 is 0 Å². The van der Waals surface area contributed by atoms with Crippen molar-refractivity contribution >= 4 is 23.4 Å². The maximum Gasteiger partial charge on any atom is 0.321 e. The summed E-state index contributed by atoms with van der Waals surface area (Å²) in [6.45, 7) is 8.40. The molecular formula is C20H31N5O2. The summed E-state index contributed by atoms with van der Waals surface area (Å²) in [5.74, 6) is 1.49. The van der Waals surface area contributed by atoms with Crippen molar-refractivity contribution in [3.63, 3.8) is 0 Å². The zero-order valence-corrected chi connectivity index (χ0v) is 16.5. The number of hydrogen-bond acceptors (Lipinski definition) is 4. The van der Waals surface area contributed by atoms with Crippen LogP contribution in [0, 0.1) is 5.92 Å². The van der Waals surface area contributed by atoms with Gasteiger partial charge in [0.15, 0.2) is 0 Å². The molecule has 1 aromatic rings. The lowest BCUT2D eigenvalue weighted by Gasteiger charge is -2.36. The number of rotatable bonds is 5. The number of carbonyl (C=O) groups excluding carboxylic acids is 2. The topological polar surface area (TPSA) is 68.8 Å². The highest BCUT2D eigenvalue weighted by atomic mass is 16.2. The summed E-state index contributed by atoms with van der Waals surface area (Å²) in [4.78, 5) is 35.1. The van der Waals surface area contributed by atoms with Crippen LogP contribution in [0.1, 0.15) is 39.5 Å². The van der Waals surface area contributed by atoms with Crippen molar-refractivity contribution in [1.29, 1.82) is 0 Å². The average molecular weight is 374 g/mol. The van der Waals surface area contributed by atoms with Crippen molar-refractivity contribution in [2.24, 2.45) is 5.92 Å². The van der Waals surface area contributed by atoms with Crippen LogP contribution in [0.25, 0.3) is 0 Å². The zero-order chi connectivity index (χ0) is 19.2. The number of piperazine rings is 1. The van der Waals surface area contributed by atoms with E-state index in [1.54, 1.807) is 11.1 Å². The molecule has 0 aromatic carbocycles. The molecule has 1 aromatic heterocycles. The summed E-state index contributed by atoms with van der Waals surface area (Å²) in [6.07, 6.45) is 6.20. The fourth-order valence-electron chi connectivity index (χ4n) is 3.95. The number of nitrogens with one attached hydrogen (secondary N) is 1. The number of aromatic nitrogens is 1. The number of hydrogen-bond donors (Lipinski definition) is 1. The van der Waals surface area contributed by atoms with E-state index in [4.69, 9.17) is 0 Å².